The van der Waals surface area contributed by atoms with Crippen LogP contribution in [0.5, 0.6) is 11.5 Å². The highest BCUT2D eigenvalue weighted by Gasteiger charge is 2.24. The maximum absolute atomic E-state index is 13.4. The van der Waals surface area contributed by atoms with Crippen LogP contribution in [-0.2, 0) is 37.9 Å². The first-order valence-corrected chi connectivity index (χ1v) is 29.1. The Morgan fingerprint density at radius 2 is 0.955 bits per heavy atom. The SMILES string of the molecule is C.COCCOCC(=O)Nc1cc(CCOc2ccc(NC(=O)Nc3cc(C(C)(C)C)nn3-c3ccc(C)cc3)c3ccccc23)ccn1.Cc1ccc(-n2nc(C(C)(C)C)cc2NC(=O)Nc2ccc(OCCc3ccnc(N)c3)c3ccccc23)cc1. The van der Waals surface area contributed by atoms with Crippen molar-refractivity contribution in [3.8, 4) is 22.9 Å². The Hall–Kier alpha value is -10.1. The maximum atomic E-state index is 13.4. The van der Waals surface area contributed by atoms with E-state index >= 15 is 0 Å². The van der Waals surface area contributed by atoms with E-state index in [1.807, 2.05) is 172 Å². The molecule has 0 atom stereocenters. The standard InChI is InChI=1S/C37H42N6O5.C32H34N6O2.CH4/c1-25-10-12-27(13-11-25)43-34(23-32(42-43)37(2,3)4)41-36(45)39-30-14-15-31(29-9-7-6-8-28(29)30)48-19-17-26-16-18-38-33(22-26)40-35(44)24-47-21-20-46-5;1-21-9-11-23(12-10-21)38-30(20-28(37-38)32(2,3)4)36-31(39)35-26-13-14-27(25-8-6-5-7-24(25)26)40-18-16-22-15-17-34-29(33)19-22;/h6-16,18,22-23H,17,19-21,24H2,1-5H3,(H,38,40,44)(H2,39,41,45);5-15,17,19-20H,16,18H2,1-4H3,(H2,33,34)(H2,35,36,39);1H4. The number of nitrogen functional groups attached to an aromatic ring is 1. The van der Waals surface area contributed by atoms with Gasteiger partial charge >= 0.3 is 12.1 Å². The Morgan fingerprint density at radius 3 is 1.40 bits per heavy atom. The summed E-state index contributed by atoms with van der Waals surface area (Å²) in [7, 11) is 1.58. The van der Waals surface area contributed by atoms with Crippen molar-refractivity contribution in [2.24, 2.45) is 0 Å². The molecule has 0 aliphatic carbocycles. The zero-order valence-electron chi connectivity index (χ0n) is 51.2. The number of aromatic nitrogens is 6. The zero-order valence-corrected chi connectivity index (χ0v) is 51.2. The van der Waals surface area contributed by atoms with E-state index in [1.165, 1.54) is 0 Å². The van der Waals surface area contributed by atoms with Crippen molar-refractivity contribution in [2.75, 3.05) is 72.5 Å². The summed E-state index contributed by atoms with van der Waals surface area (Å²) in [6, 6.07) is 49.7. The number of ether oxygens (including phenoxy) is 4. The van der Waals surface area contributed by atoms with Gasteiger partial charge in [-0.05, 0) is 97.8 Å². The number of nitrogens with one attached hydrogen (secondary N) is 5. The number of carbonyl (C=O) groups excluding carboxylic acids is 3. The molecule has 0 radical (unpaired) electrons. The molecule has 0 unspecified atom stereocenters. The lowest BCUT2D eigenvalue weighted by atomic mass is 9.92. The molecule has 0 aliphatic rings. The van der Waals surface area contributed by atoms with E-state index in [-0.39, 0.29) is 42.8 Å². The van der Waals surface area contributed by atoms with Crippen LogP contribution >= 0.6 is 0 Å². The number of rotatable bonds is 20. The molecule has 462 valence electrons. The number of carbonyl (C=O) groups is 3. The fourth-order valence-corrected chi connectivity index (χ4v) is 9.38. The van der Waals surface area contributed by atoms with Crippen LogP contribution in [0, 0.1) is 13.8 Å². The molecule has 7 N–H and O–H groups in total. The first kappa shape index (κ1) is 64.9. The van der Waals surface area contributed by atoms with E-state index < -0.39 is 0 Å². The number of nitrogens with two attached hydrogens (primary N) is 1. The number of hydrogen-bond acceptors (Lipinski definition) is 12. The van der Waals surface area contributed by atoms with Crippen molar-refractivity contribution in [2.45, 2.75) is 86.5 Å². The molecule has 0 saturated carbocycles. The molecule has 0 bridgehead atoms. The van der Waals surface area contributed by atoms with Gasteiger partial charge in [-0.3, -0.25) is 15.4 Å². The smallest absolute Gasteiger partial charge is 0.324 e. The molecule has 0 aliphatic heterocycles. The second kappa shape index (κ2) is 29.5. The highest BCUT2D eigenvalue weighted by atomic mass is 16.5. The number of anilines is 6. The summed E-state index contributed by atoms with van der Waals surface area (Å²) in [6.45, 7) is 18.2. The third kappa shape index (κ3) is 17.5. The van der Waals surface area contributed by atoms with Crippen LogP contribution in [0.15, 0.2) is 170 Å². The predicted octanol–water partition coefficient (Wildman–Crippen LogP) is 14.4. The molecule has 10 aromatic rings. The molecule has 4 heterocycles. The molecule has 0 saturated heterocycles. The predicted molar refractivity (Wildman–Crippen MR) is 357 cm³/mol. The van der Waals surface area contributed by atoms with Gasteiger partial charge in [0.05, 0.1) is 60.6 Å². The Morgan fingerprint density at radius 1 is 0.506 bits per heavy atom. The topological polar surface area (TPSA) is 236 Å². The summed E-state index contributed by atoms with van der Waals surface area (Å²) in [4.78, 5) is 47.0. The van der Waals surface area contributed by atoms with E-state index in [0.717, 1.165) is 72.3 Å². The second-order valence-corrected chi connectivity index (χ2v) is 23.2. The van der Waals surface area contributed by atoms with Gasteiger partial charge in [-0.2, -0.15) is 10.2 Å². The van der Waals surface area contributed by atoms with Crippen LogP contribution < -0.4 is 41.8 Å². The Kier molecular flexibility index (Phi) is 21.5. The van der Waals surface area contributed by atoms with Crippen molar-refractivity contribution in [1.29, 1.82) is 0 Å². The van der Waals surface area contributed by atoms with Crippen LogP contribution in [0.4, 0.5) is 44.2 Å². The summed E-state index contributed by atoms with van der Waals surface area (Å²) in [6.07, 6.45) is 4.64. The molecule has 10 rings (SSSR count). The second-order valence-electron chi connectivity index (χ2n) is 23.2. The van der Waals surface area contributed by atoms with Gasteiger partial charge in [-0.15, -0.1) is 0 Å². The Bertz CT molecular complexity index is 4040. The van der Waals surface area contributed by atoms with Crippen LogP contribution in [0.3, 0.4) is 0 Å². The number of nitrogens with zero attached hydrogens (tertiary/aromatic N) is 6. The van der Waals surface area contributed by atoms with Gasteiger partial charge in [0.1, 0.15) is 41.4 Å². The molecule has 4 aromatic heterocycles. The molecular formula is C70H80N12O7. The van der Waals surface area contributed by atoms with Crippen molar-refractivity contribution >= 4 is 74.2 Å². The van der Waals surface area contributed by atoms with Crippen LogP contribution in [-0.4, -0.2) is 87.6 Å². The largest absolute Gasteiger partial charge is 0.493 e. The number of benzene rings is 6. The van der Waals surface area contributed by atoms with Crippen molar-refractivity contribution < 1.29 is 33.3 Å². The van der Waals surface area contributed by atoms with Crippen LogP contribution in [0.1, 0.15) is 82.6 Å². The molecule has 19 nitrogen and oxygen atoms in total. The van der Waals surface area contributed by atoms with Gasteiger partial charge < -0.3 is 40.6 Å². The van der Waals surface area contributed by atoms with E-state index in [2.05, 4.69) is 78.1 Å². The lowest BCUT2D eigenvalue weighted by Gasteiger charge is -2.15. The Balaban J connectivity index is 0.000000231. The third-order valence-electron chi connectivity index (χ3n) is 14.2. The summed E-state index contributed by atoms with van der Waals surface area (Å²) in [5.41, 5.74) is 14.5. The fraction of sp³-hybridized carbons (Fsp3) is 0.271. The third-order valence-corrected chi connectivity index (χ3v) is 14.2. The minimum absolute atomic E-state index is 0. The summed E-state index contributed by atoms with van der Waals surface area (Å²) in [5.74, 6) is 3.26. The van der Waals surface area contributed by atoms with E-state index in [4.69, 9.17) is 34.9 Å². The van der Waals surface area contributed by atoms with Gasteiger partial charge in [-0.25, -0.2) is 28.9 Å². The van der Waals surface area contributed by atoms with Gasteiger partial charge in [0, 0.05) is 76.9 Å². The zero-order chi connectivity index (χ0) is 62.4. The number of amides is 5. The first-order chi connectivity index (χ1) is 42.3. The van der Waals surface area contributed by atoms with E-state index in [1.54, 1.807) is 28.9 Å². The maximum Gasteiger partial charge on any atom is 0.324 e. The lowest BCUT2D eigenvalue weighted by Crippen LogP contribution is -2.21. The van der Waals surface area contributed by atoms with E-state index in [9.17, 15) is 14.4 Å². The molecule has 89 heavy (non-hydrogen) atoms. The highest BCUT2D eigenvalue weighted by molar-refractivity contribution is 6.08. The van der Waals surface area contributed by atoms with Crippen molar-refractivity contribution in [3.05, 3.63) is 204 Å². The van der Waals surface area contributed by atoms with Gasteiger partial charge in [0.15, 0.2) is 0 Å². The molecule has 6 aromatic carbocycles. The average Bonchev–Trinajstić information content (AvgIpc) is 2.57. The fourth-order valence-electron chi connectivity index (χ4n) is 9.38. The molecule has 19 heteroatoms. The number of methoxy groups -OCH3 is 1. The first-order valence-electron chi connectivity index (χ1n) is 29.1. The number of hydrogen-bond donors (Lipinski definition) is 6. The normalized spacial score (nSPS) is 11.2. The monoisotopic (exact) mass is 1200 g/mol. The van der Waals surface area contributed by atoms with Crippen LogP contribution in [0.2, 0.25) is 0 Å². The highest BCUT2D eigenvalue weighted by Crippen LogP contribution is 2.35. The van der Waals surface area contributed by atoms with Crippen LogP contribution in [0.25, 0.3) is 32.9 Å². The molecule has 5 amide bonds. The molecule has 0 spiro atoms. The van der Waals surface area contributed by atoms with Crippen molar-refractivity contribution in [1.82, 2.24) is 29.5 Å². The average molecular weight is 1200 g/mol. The van der Waals surface area contributed by atoms with Crippen molar-refractivity contribution in [3.63, 3.8) is 0 Å². The summed E-state index contributed by atoms with van der Waals surface area (Å²) < 4.78 is 26.0. The minimum atomic E-state index is -0.385. The number of fused-ring (bicyclic) bond motifs is 2. The number of urea groups is 2. The summed E-state index contributed by atoms with van der Waals surface area (Å²) in [5, 5.41) is 27.9. The number of aryl methyl sites for hydroxylation is 2. The quantitative estimate of drug-likeness (QED) is 0.0391. The Labute approximate surface area is 520 Å². The number of pyridine rings is 2. The lowest BCUT2D eigenvalue weighted by molar-refractivity contribution is -0.121. The van der Waals surface area contributed by atoms with Gasteiger partial charge in [0.25, 0.3) is 5.91 Å². The minimum Gasteiger partial charge on any atom is -0.493 e. The van der Waals surface area contributed by atoms with Gasteiger partial charge in [-0.1, -0.05) is 133 Å². The van der Waals surface area contributed by atoms with E-state index in [0.29, 0.717) is 79.7 Å². The molecular weight excluding hydrogens is 1120 g/mol. The molecule has 0 fully saturated rings. The summed E-state index contributed by atoms with van der Waals surface area (Å²) >= 11 is 0. The van der Waals surface area contributed by atoms with Gasteiger partial charge in [0.2, 0.25) is 0 Å².